The van der Waals surface area contributed by atoms with Gasteiger partial charge in [0.15, 0.2) is 9.84 Å². The fourth-order valence-electron chi connectivity index (χ4n) is 2.71. The van der Waals surface area contributed by atoms with E-state index in [2.05, 4.69) is 5.32 Å². The van der Waals surface area contributed by atoms with Crippen molar-refractivity contribution < 1.29 is 22.8 Å². The average Bonchev–Trinajstić information content (AvgIpc) is 2.95. The SMILES string of the molecule is CS(=O)(=O)c1cc(C(=O)NCCN2C(=O)S/C(=C\c3ccccc3)C2=O)ccc1Cl. The van der Waals surface area contributed by atoms with Gasteiger partial charge >= 0.3 is 0 Å². The number of carbonyl (C=O) groups excluding carboxylic acids is 3. The Morgan fingerprint density at radius 2 is 1.87 bits per heavy atom. The minimum atomic E-state index is -3.59. The zero-order valence-electron chi connectivity index (χ0n) is 15.8. The average molecular weight is 465 g/mol. The number of thioether (sulfide) groups is 1. The van der Waals surface area contributed by atoms with Crippen LogP contribution in [0.25, 0.3) is 6.08 Å². The minimum Gasteiger partial charge on any atom is -0.350 e. The van der Waals surface area contributed by atoms with Crippen molar-refractivity contribution >= 4 is 56.3 Å². The van der Waals surface area contributed by atoms with E-state index in [9.17, 15) is 22.8 Å². The number of rotatable bonds is 6. The van der Waals surface area contributed by atoms with Gasteiger partial charge in [0, 0.05) is 24.9 Å². The zero-order valence-corrected chi connectivity index (χ0v) is 18.2. The van der Waals surface area contributed by atoms with Crippen LogP contribution in [0.5, 0.6) is 0 Å². The van der Waals surface area contributed by atoms with E-state index in [1.54, 1.807) is 6.08 Å². The fourth-order valence-corrected chi connectivity index (χ4v) is 4.87. The van der Waals surface area contributed by atoms with E-state index in [0.717, 1.165) is 28.5 Å². The first kappa shape index (κ1) is 22.1. The van der Waals surface area contributed by atoms with Gasteiger partial charge in [0.2, 0.25) is 0 Å². The number of sulfone groups is 1. The van der Waals surface area contributed by atoms with E-state index >= 15 is 0 Å². The highest BCUT2D eigenvalue weighted by Gasteiger charge is 2.34. The molecule has 0 aliphatic carbocycles. The Kier molecular flexibility index (Phi) is 6.64. The highest BCUT2D eigenvalue weighted by molar-refractivity contribution is 8.18. The summed E-state index contributed by atoms with van der Waals surface area (Å²) in [5.41, 5.74) is 0.915. The predicted octanol–water partition coefficient (Wildman–Crippen LogP) is 3.21. The summed E-state index contributed by atoms with van der Waals surface area (Å²) in [6.45, 7) is 0.0153. The van der Waals surface area contributed by atoms with Crippen LogP contribution in [0.2, 0.25) is 5.02 Å². The van der Waals surface area contributed by atoms with Crippen molar-refractivity contribution in [3.8, 4) is 0 Å². The number of hydrogen-bond donors (Lipinski definition) is 1. The van der Waals surface area contributed by atoms with E-state index in [4.69, 9.17) is 11.6 Å². The normalized spacial score (nSPS) is 15.7. The van der Waals surface area contributed by atoms with Crippen molar-refractivity contribution in [1.82, 2.24) is 10.2 Å². The second-order valence-corrected chi connectivity index (χ2v) is 9.80. The van der Waals surface area contributed by atoms with Gasteiger partial charge in [0.05, 0.1) is 14.8 Å². The third kappa shape index (κ3) is 5.10. The Balaban J connectivity index is 1.63. The summed E-state index contributed by atoms with van der Waals surface area (Å²) in [6, 6.07) is 13.1. The second-order valence-electron chi connectivity index (χ2n) is 6.42. The number of nitrogens with one attached hydrogen (secondary N) is 1. The maximum absolute atomic E-state index is 12.5. The largest absolute Gasteiger partial charge is 0.350 e. The number of nitrogens with zero attached hydrogens (tertiary/aromatic N) is 1. The van der Waals surface area contributed by atoms with Crippen LogP contribution in [0.3, 0.4) is 0 Å². The first-order valence-corrected chi connectivity index (χ1v) is 11.8. The van der Waals surface area contributed by atoms with Crippen LogP contribution in [-0.4, -0.2) is 49.7 Å². The first-order chi connectivity index (χ1) is 14.2. The summed E-state index contributed by atoms with van der Waals surface area (Å²) in [6.07, 6.45) is 2.64. The summed E-state index contributed by atoms with van der Waals surface area (Å²) in [5.74, 6) is -0.961. The number of benzene rings is 2. The lowest BCUT2D eigenvalue weighted by molar-refractivity contribution is -0.122. The molecule has 2 aromatic rings. The smallest absolute Gasteiger partial charge is 0.293 e. The molecule has 2 aromatic carbocycles. The minimum absolute atomic E-state index is 0.00490. The van der Waals surface area contributed by atoms with Gasteiger partial charge in [-0.25, -0.2) is 8.42 Å². The highest BCUT2D eigenvalue weighted by Crippen LogP contribution is 2.31. The number of carbonyl (C=O) groups is 3. The fraction of sp³-hybridized carbons (Fsp3) is 0.150. The van der Waals surface area contributed by atoms with E-state index in [1.807, 2.05) is 30.3 Å². The van der Waals surface area contributed by atoms with Gasteiger partial charge in [-0.2, -0.15) is 0 Å². The summed E-state index contributed by atoms with van der Waals surface area (Å²) in [4.78, 5) is 38.2. The third-order valence-electron chi connectivity index (χ3n) is 4.18. The Hall–Kier alpha value is -2.62. The van der Waals surface area contributed by atoms with E-state index in [1.165, 1.54) is 18.2 Å². The number of amides is 3. The molecule has 7 nitrogen and oxygen atoms in total. The van der Waals surface area contributed by atoms with Crippen LogP contribution >= 0.6 is 23.4 Å². The second kappa shape index (κ2) is 9.03. The number of halogens is 1. The van der Waals surface area contributed by atoms with Crippen molar-refractivity contribution in [2.75, 3.05) is 19.3 Å². The summed E-state index contributed by atoms with van der Waals surface area (Å²) >= 11 is 6.72. The van der Waals surface area contributed by atoms with Gasteiger partial charge in [-0.15, -0.1) is 0 Å². The maximum Gasteiger partial charge on any atom is 0.293 e. The lowest BCUT2D eigenvalue weighted by atomic mass is 10.2. The van der Waals surface area contributed by atoms with Crippen LogP contribution in [-0.2, 0) is 14.6 Å². The molecule has 0 atom stereocenters. The van der Waals surface area contributed by atoms with Gasteiger partial charge in [0.1, 0.15) is 0 Å². The Morgan fingerprint density at radius 3 is 2.53 bits per heavy atom. The first-order valence-electron chi connectivity index (χ1n) is 8.75. The Labute approximate surface area is 183 Å². The monoisotopic (exact) mass is 464 g/mol. The molecule has 0 aromatic heterocycles. The standard InChI is InChI=1S/C20H17ClN2O5S2/c1-30(27,28)17-12-14(7-8-15(17)21)18(24)22-9-10-23-19(25)16(29-20(23)26)11-13-5-3-2-4-6-13/h2-8,11-12H,9-10H2,1H3,(H,22,24)/b16-11-. The van der Waals surface area contributed by atoms with E-state index in [-0.39, 0.29) is 28.6 Å². The third-order valence-corrected chi connectivity index (χ3v) is 6.67. The quantitative estimate of drug-likeness (QED) is 0.659. The molecule has 156 valence electrons. The molecule has 0 unspecified atom stereocenters. The summed E-state index contributed by atoms with van der Waals surface area (Å²) in [5, 5.41) is 2.19. The Bertz CT molecular complexity index is 1150. The molecule has 1 saturated heterocycles. The van der Waals surface area contributed by atoms with Crippen molar-refractivity contribution in [3.63, 3.8) is 0 Å². The molecular formula is C20H17ClN2O5S2. The molecule has 3 amide bonds. The molecule has 0 bridgehead atoms. The van der Waals surface area contributed by atoms with Crippen molar-refractivity contribution in [1.29, 1.82) is 0 Å². The van der Waals surface area contributed by atoms with Crippen molar-refractivity contribution in [3.05, 3.63) is 69.6 Å². The van der Waals surface area contributed by atoms with Crippen molar-refractivity contribution in [2.24, 2.45) is 0 Å². The molecule has 1 aliphatic rings. The topological polar surface area (TPSA) is 101 Å². The van der Waals surface area contributed by atoms with Crippen LogP contribution in [0.1, 0.15) is 15.9 Å². The van der Waals surface area contributed by atoms with Gasteiger partial charge < -0.3 is 5.32 Å². The van der Waals surface area contributed by atoms with Crippen LogP contribution in [0.4, 0.5) is 4.79 Å². The van der Waals surface area contributed by atoms with Crippen LogP contribution in [0, 0.1) is 0 Å². The van der Waals surface area contributed by atoms with Gasteiger partial charge in [-0.1, -0.05) is 41.9 Å². The molecule has 1 fully saturated rings. The zero-order chi connectivity index (χ0) is 21.9. The maximum atomic E-state index is 12.5. The lowest BCUT2D eigenvalue weighted by Crippen LogP contribution is -2.37. The predicted molar refractivity (Wildman–Crippen MR) is 116 cm³/mol. The molecule has 1 heterocycles. The molecular weight excluding hydrogens is 448 g/mol. The molecule has 1 aliphatic heterocycles. The van der Waals surface area contributed by atoms with Gasteiger partial charge in [-0.05, 0) is 41.6 Å². The van der Waals surface area contributed by atoms with E-state index < -0.39 is 26.9 Å². The molecule has 10 heteroatoms. The Morgan fingerprint density at radius 1 is 1.17 bits per heavy atom. The van der Waals surface area contributed by atoms with Gasteiger partial charge in [0.25, 0.3) is 17.1 Å². The van der Waals surface area contributed by atoms with Crippen molar-refractivity contribution in [2.45, 2.75) is 4.90 Å². The molecule has 1 N–H and O–H groups in total. The highest BCUT2D eigenvalue weighted by atomic mass is 35.5. The number of hydrogen-bond acceptors (Lipinski definition) is 6. The molecule has 0 spiro atoms. The van der Waals surface area contributed by atoms with Crippen LogP contribution in [0.15, 0.2) is 58.3 Å². The van der Waals surface area contributed by atoms with E-state index in [0.29, 0.717) is 4.91 Å². The van der Waals surface area contributed by atoms with Crippen LogP contribution < -0.4 is 5.32 Å². The number of imide groups is 1. The molecule has 30 heavy (non-hydrogen) atoms. The summed E-state index contributed by atoms with van der Waals surface area (Å²) in [7, 11) is -3.59. The van der Waals surface area contributed by atoms with Gasteiger partial charge in [-0.3, -0.25) is 19.3 Å². The molecule has 3 rings (SSSR count). The molecule has 0 radical (unpaired) electrons. The molecule has 0 saturated carbocycles. The lowest BCUT2D eigenvalue weighted by Gasteiger charge is -2.13. The summed E-state index contributed by atoms with van der Waals surface area (Å²) < 4.78 is 23.5.